The summed E-state index contributed by atoms with van der Waals surface area (Å²) in [5.74, 6) is 4.70. The summed E-state index contributed by atoms with van der Waals surface area (Å²) in [4.78, 5) is 24.6. The maximum absolute atomic E-state index is 12.6. The first kappa shape index (κ1) is 21.0. The molecule has 4 rings (SSSR count). The fourth-order valence-corrected chi connectivity index (χ4v) is 5.26. The standard InChI is InChI=1S/C25H26N2O4/c1-4-13-25(15-27(2,3)16-25)22(23(28)29)26-24(30)31-14-21-19-11-7-5-9-17(19)18-10-6-8-12-20(18)21/h5-12,21-22H,14-16H2,1-3H3,(H-,26,28,29,30)/p+1/t22-/m0/s1. The van der Waals surface area contributed by atoms with Crippen LogP contribution >= 0.6 is 0 Å². The first-order valence-corrected chi connectivity index (χ1v) is 10.4. The molecule has 0 radical (unpaired) electrons. The number of rotatable bonds is 5. The topological polar surface area (TPSA) is 75.6 Å². The lowest BCUT2D eigenvalue weighted by atomic mass is 9.72. The van der Waals surface area contributed by atoms with Gasteiger partial charge in [0.05, 0.1) is 14.1 Å². The summed E-state index contributed by atoms with van der Waals surface area (Å²) in [5.41, 5.74) is 3.70. The smallest absolute Gasteiger partial charge is 0.407 e. The van der Waals surface area contributed by atoms with E-state index in [1.807, 2.05) is 50.5 Å². The maximum Gasteiger partial charge on any atom is 0.407 e. The lowest BCUT2D eigenvalue weighted by Gasteiger charge is -2.52. The number of amides is 1. The number of carbonyl (C=O) groups is 2. The van der Waals surface area contributed by atoms with Crippen molar-refractivity contribution in [2.75, 3.05) is 33.8 Å². The number of quaternary nitrogens is 1. The zero-order chi connectivity index (χ0) is 22.2. The average molecular weight is 420 g/mol. The number of hydrogen-bond acceptors (Lipinski definition) is 3. The quantitative estimate of drug-likeness (QED) is 0.577. The fraction of sp³-hybridized carbons (Fsp3) is 0.360. The van der Waals surface area contributed by atoms with Crippen LogP contribution in [0.1, 0.15) is 24.0 Å². The molecule has 0 spiro atoms. The van der Waals surface area contributed by atoms with E-state index in [0.29, 0.717) is 17.6 Å². The van der Waals surface area contributed by atoms with Crippen molar-refractivity contribution in [3.63, 3.8) is 0 Å². The van der Waals surface area contributed by atoms with Crippen LogP contribution in [-0.2, 0) is 9.53 Å². The molecule has 2 N–H and O–H groups in total. The van der Waals surface area contributed by atoms with Crippen LogP contribution in [0.15, 0.2) is 48.5 Å². The molecule has 1 aliphatic carbocycles. The van der Waals surface area contributed by atoms with Gasteiger partial charge >= 0.3 is 12.1 Å². The van der Waals surface area contributed by atoms with E-state index in [2.05, 4.69) is 29.3 Å². The predicted octanol–water partition coefficient (Wildman–Crippen LogP) is 3.08. The van der Waals surface area contributed by atoms with E-state index in [0.717, 1.165) is 22.3 Å². The van der Waals surface area contributed by atoms with Gasteiger partial charge in [0.15, 0.2) is 11.5 Å². The molecular weight excluding hydrogens is 392 g/mol. The second-order valence-electron chi connectivity index (χ2n) is 9.02. The van der Waals surface area contributed by atoms with Crippen LogP contribution in [0.3, 0.4) is 0 Å². The van der Waals surface area contributed by atoms with Crippen molar-refractivity contribution in [1.29, 1.82) is 0 Å². The molecule has 1 atom stereocenters. The van der Waals surface area contributed by atoms with E-state index in [1.165, 1.54) is 0 Å². The van der Waals surface area contributed by atoms with Gasteiger partial charge in [0, 0.05) is 5.92 Å². The summed E-state index contributed by atoms with van der Waals surface area (Å²) < 4.78 is 6.21. The van der Waals surface area contributed by atoms with Gasteiger partial charge in [0.2, 0.25) is 0 Å². The highest BCUT2D eigenvalue weighted by Gasteiger charge is 2.59. The van der Waals surface area contributed by atoms with Crippen molar-refractivity contribution in [2.24, 2.45) is 5.41 Å². The first-order valence-electron chi connectivity index (χ1n) is 10.4. The number of carboxylic acids is 1. The minimum atomic E-state index is -1.12. The van der Waals surface area contributed by atoms with E-state index in [4.69, 9.17) is 4.74 Å². The minimum Gasteiger partial charge on any atom is -0.480 e. The number of fused-ring (bicyclic) bond motifs is 3. The molecule has 0 aromatic heterocycles. The molecule has 2 aliphatic rings. The third-order valence-corrected chi connectivity index (χ3v) is 6.20. The van der Waals surface area contributed by atoms with Crippen molar-refractivity contribution in [3.8, 4) is 23.0 Å². The Morgan fingerprint density at radius 1 is 1.13 bits per heavy atom. The van der Waals surface area contributed by atoms with Gasteiger partial charge in [-0.3, -0.25) is 0 Å². The Hall–Kier alpha value is -3.30. The molecule has 1 amide bonds. The molecule has 2 aromatic carbocycles. The highest BCUT2D eigenvalue weighted by molar-refractivity contribution is 5.82. The molecule has 6 heteroatoms. The molecule has 1 heterocycles. The highest BCUT2D eigenvalue weighted by atomic mass is 16.5. The van der Waals surface area contributed by atoms with Gasteiger partial charge in [-0.15, -0.1) is 5.92 Å². The molecular formula is C25H27N2O4+. The number of carbonyl (C=O) groups excluding carboxylic acids is 1. The third-order valence-electron chi connectivity index (χ3n) is 6.20. The van der Waals surface area contributed by atoms with Crippen molar-refractivity contribution in [3.05, 3.63) is 59.7 Å². The van der Waals surface area contributed by atoms with Crippen LogP contribution in [-0.4, -0.2) is 61.5 Å². The Morgan fingerprint density at radius 3 is 2.16 bits per heavy atom. The minimum absolute atomic E-state index is 0.0786. The number of ether oxygens (including phenoxy) is 1. The van der Waals surface area contributed by atoms with E-state index in [1.54, 1.807) is 6.92 Å². The van der Waals surface area contributed by atoms with Crippen molar-refractivity contribution in [1.82, 2.24) is 5.32 Å². The number of alkyl carbamates (subject to hydrolysis) is 1. The predicted molar refractivity (Wildman–Crippen MR) is 117 cm³/mol. The largest absolute Gasteiger partial charge is 0.480 e. The van der Waals surface area contributed by atoms with E-state index < -0.39 is 23.5 Å². The van der Waals surface area contributed by atoms with Crippen LogP contribution in [0.2, 0.25) is 0 Å². The van der Waals surface area contributed by atoms with Crippen LogP contribution in [0.25, 0.3) is 11.1 Å². The lowest BCUT2D eigenvalue weighted by molar-refractivity contribution is -0.946. The Kier molecular flexibility index (Phi) is 5.24. The van der Waals surface area contributed by atoms with Gasteiger partial charge in [0.1, 0.15) is 19.7 Å². The highest BCUT2D eigenvalue weighted by Crippen LogP contribution is 2.44. The Labute approximate surface area is 182 Å². The lowest BCUT2D eigenvalue weighted by Crippen LogP contribution is -2.73. The SMILES string of the molecule is CC#CC1([C@@H](NC(=O)OCC2c3ccccc3-c3ccccc32)C(=O)O)C[N+](C)(C)C1. The second-order valence-corrected chi connectivity index (χ2v) is 9.02. The first-order chi connectivity index (χ1) is 14.8. The van der Waals surface area contributed by atoms with Gasteiger partial charge in [-0.1, -0.05) is 54.5 Å². The number of likely N-dealkylation sites (tertiary alicyclic amines) is 1. The average Bonchev–Trinajstić information content (AvgIpc) is 3.03. The van der Waals surface area contributed by atoms with Gasteiger partial charge in [0.25, 0.3) is 0 Å². The number of nitrogens with one attached hydrogen (secondary N) is 1. The number of hydrogen-bond donors (Lipinski definition) is 2. The maximum atomic E-state index is 12.6. The molecule has 31 heavy (non-hydrogen) atoms. The normalized spacial score (nSPS) is 18.4. The monoisotopic (exact) mass is 419 g/mol. The molecule has 1 fully saturated rings. The summed E-state index contributed by atoms with van der Waals surface area (Å²) in [6.45, 7) is 2.93. The number of carboxylic acid groups (broad SMARTS) is 1. The summed E-state index contributed by atoms with van der Waals surface area (Å²) >= 11 is 0. The Balaban J connectivity index is 1.49. The molecule has 1 aliphatic heterocycles. The Morgan fingerprint density at radius 2 is 1.68 bits per heavy atom. The van der Waals surface area contributed by atoms with Crippen LogP contribution in [0.4, 0.5) is 4.79 Å². The molecule has 0 saturated carbocycles. The van der Waals surface area contributed by atoms with E-state index in [9.17, 15) is 14.7 Å². The van der Waals surface area contributed by atoms with Crippen molar-refractivity contribution >= 4 is 12.1 Å². The molecule has 6 nitrogen and oxygen atoms in total. The zero-order valence-electron chi connectivity index (χ0n) is 18.0. The number of benzene rings is 2. The fourth-order valence-electron chi connectivity index (χ4n) is 5.26. The van der Waals surface area contributed by atoms with Gasteiger partial charge in [-0.25, -0.2) is 9.59 Å². The second kappa shape index (κ2) is 7.75. The molecule has 0 bridgehead atoms. The summed E-state index contributed by atoms with van der Waals surface area (Å²) in [7, 11) is 4.03. The van der Waals surface area contributed by atoms with E-state index in [-0.39, 0.29) is 12.5 Å². The number of nitrogens with zero attached hydrogens (tertiary/aromatic N) is 1. The van der Waals surface area contributed by atoms with Crippen molar-refractivity contribution in [2.45, 2.75) is 18.9 Å². The zero-order valence-corrected chi connectivity index (χ0v) is 18.0. The summed E-state index contributed by atoms with van der Waals surface area (Å²) in [6, 6.07) is 15.0. The molecule has 0 unspecified atom stereocenters. The van der Waals surface area contributed by atoms with Crippen LogP contribution in [0.5, 0.6) is 0 Å². The number of aliphatic carboxylic acids is 1. The Bertz CT molecular complexity index is 1040. The van der Waals surface area contributed by atoms with Crippen LogP contribution < -0.4 is 5.32 Å². The van der Waals surface area contributed by atoms with Gasteiger partial charge < -0.3 is 19.6 Å². The third kappa shape index (κ3) is 3.77. The summed E-state index contributed by atoms with van der Waals surface area (Å²) in [5, 5.41) is 12.4. The van der Waals surface area contributed by atoms with Crippen LogP contribution in [0, 0.1) is 17.3 Å². The van der Waals surface area contributed by atoms with Gasteiger partial charge in [-0.2, -0.15) is 0 Å². The molecule has 160 valence electrons. The van der Waals surface area contributed by atoms with E-state index >= 15 is 0 Å². The summed E-state index contributed by atoms with van der Waals surface area (Å²) in [6.07, 6.45) is -0.733. The molecule has 1 saturated heterocycles. The van der Waals surface area contributed by atoms with Gasteiger partial charge in [-0.05, 0) is 29.2 Å². The van der Waals surface area contributed by atoms with Crippen molar-refractivity contribution < 1.29 is 23.9 Å². The molecule has 2 aromatic rings.